The molecule has 0 saturated carbocycles. The van der Waals surface area contributed by atoms with Gasteiger partial charge in [-0.15, -0.1) is 0 Å². The number of carbonyl (C=O) groups excluding carboxylic acids is 1. The molecule has 0 spiro atoms. The van der Waals surface area contributed by atoms with Crippen LogP contribution in [0.5, 0.6) is 0 Å². The fourth-order valence-electron chi connectivity index (χ4n) is 0.825. The summed E-state index contributed by atoms with van der Waals surface area (Å²) in [4.78, 5) is 15.9. The zero-order valence-corrected chi connectivity index (χ0v) is 8.81. The molecule has 0 fully saturated rings. The molecule has 1 rings (SSSR count). The topological polar surface area (TPSA) is 39.4 Å². The molecule has 0 bridgehead atoms. The Labute approximate surface area is 92.6 Å². The Morgan fingerprint density at radius 2 is 2.13 bits per heavy atom. The van der Waals surface area contributed by atoms with Gasteiger partial charge in [0.2, 0.25) is 12.4 Å². The standard InChI is InChI=1S/C10H11ClNO3/c1-2-10(13)14-7-8-15-12-5-3-9(11)4-6-12/h2-6H,1,7-8H2/q+1. The maximum Gasteiger partial charge on any atom is 0.330 e. The van der Waals surface area contributed by atoms with E-state index in [-0.39, 0.29) is 13.2 Å². The number of hydrogen-bond donors (Lipinski definition) is 0. The highest BCUT2D eigenvalue weighted by Gasteiger charge is 2.01. The molecule has 0 atom stereocenters. The molecule has 5 heteroatoms. The minimum absolute atomic E-state index is 0.181. The van der Waals surface area contributed by atoms with Crippen molar-refractivity contribution in [2.75, 3.05) is 13.2 Å². The van der Waals surface area contributed by atoms with E-state index in [0.29, 0.717) is 5.02 Å². The van der Waals surface area contributed by atoms with E-state index in [1.807, 2.05) is 0 Å². The summed E-state index contributed by atoms with van der Waals surface area (Å²) in [6.07, 6.45) is 4.44. The van der Waals surface area contributed by atoms with E-state index >= 15 is 0 Å². The average molecular weight is 229 g/mol. The molecule has 0 N–H and O–H groups in total. The summed E-state index contributed by atoms with van der Waals surface area (Å²) in [5.41, 5.74) is 0. The van der Waals surface area contributed by atoms with Crippen molar-refractivity contribution in [1.29, 1.82) is 0 Å². The van der Waals surface area contributed by atoms with Gasteiger partial charge in [-0.3, -0.25) is 4.84 Å². The molecule has 1 aromatic rings. The molecular weight excluding hydrogens is 218 g/mol. The van der Waals surface area contributed by atoms with Crippen LogP contribution in [0.3, 0.4) is 0 Å². The van der Waals surface area contributed by atoms with Crippen LogP contribution >= 0.6 is 11.6 Å². The summed E-state index contributed by atoms with van der Waals surface area (Å²) >= 11 is 5.68. The minimum atomic E-state index is -0.459. The van der Waals surface area contributed by atoms with Crippen LogP contribution in [0.4, 0.5) is 0 Å². The maximum absolute atomic E-state index is 10.6. The Kier molecular flexibility index (Phi) is 4.63. The van der Waals surface area contributed by atoms with Crippen molar-refractivity contribution in [3.63, 3.8) is 0 Å². The molecular formula is C10H11ClNO3+. The summed E-state index contributed by atoms with van der Waals surface area (Å²) in [6.45, 7) is 3.72. The van der Waals surface area contributed by atoms with Gasteiger partial charge in [-0.05, 0) is 0 Å². The summed E-state index contributed by atoms with van der Waals surface area (Å²) < 4.78 is 6.20. The van der Waals surface area contributed by atoms with Crippen molar-refractivity contribution in [1.82, 2.24) is 0 Å². The minimum Gasteiger partial charge on any atom is -0.459 e. The van der Waals surface area contributed by atoms with Crippen molar-refractivity contribution in [2.45, 2.75) is 0 Å². The van der Waals surface area contributed by atoms with Gasteiger partial charge in [0.15, 0.2) is 6.61 Å². The van der Waals surface area contributed by atoms with E-state index in [2.05, 4.69) is 6.58 Å². The van der Waals surface area contributed by atoms with E-state index in [1.54, 1.807) is 24.5 Å². The Balaban J connectivity index is 2.23. The molecule has 1 aromatic heterocycles. The molecule has 15 heavy (non-hydrogen) atoms. The van der Waals surface area contributed by atoms with Crippen LogP contribution in [-0.4, -0.2) is 19.2 Å². The number of rotatable bonds is 5. The first kappa shape index (κ1) is 11.5. The third-order valence-electron chi connectivity index (χ3n) is 1.50. The predicted molar refractivity (Wildman–Crippen MR) is 54.3 cm³/mol. The first-order chi connectivity index (χ1) is 7.22. The highest BCUT2D eigenvalue weighted by molar-refractivity contribution is 6.30. The van der Waals surface area contributed by atoms with Gasteiger partial charge < -0.3 is 4.74 Å². The number of pyridine rings is 1. The highest BCUT2D eigenvalue weighted by Crippen LogP contribution is 2.01. The van der Waals surface area contributed by atoms with Crippen molar-refractivity contribution in [2.24, 2.45) is 0 Å². The second-order valence-corrected chi connectivity index (χ2v) is 3.02. The molecule has 0 amide bonds. The summed E-state index contributed by atoms with van der Waals surface area (Å²) in [7, 11) is 0. The highest BCUT2D eigenvalue weighted by atomic mass is 35.5. The quantitative estimate of drug-likeness (QED) is 0.324. The van der Waals surface area contributed by atoms with Crippen LogP contribution in [0.1, 0.15) is 0 Å². The van der Waals surface area contributed by atoms with Gasteiger partial charge >= 0.3 is 5.97 Å². The molecule has 0 aliphatic rings. The third-order valence-corrected chi connectivity index (χ3v) is 1.75. The second kappa shape index (κ2) is 6.03. The van der Waals surface area contributed by atoms with Crippen molar-refractivity contribution < 1.29 is 19.1 Å². The number of nitrogens with zero attached hydrogens (tertiary/aromatic N) is 1. The molecule has 80 valence electrons. The second-order valence-electron chi connectivity index (χ2n) is 2.58. The van der Waals surface area contributed by atoms with Crippen LogP contribution in [0.2, 0.25) is 5.02 Å². The third kappa shape index (κ3) is 4.46. The van der Waals surface area contributed by atoms with Crippen molar-refractivity contribution in [3.05, 3.63) is 42.2 Å². The summed E-state index contributed by atoms with van der Waals surface area (Å²) in [5, 5.41) is 0.632. The lowest BCUT2D eigenvalue weighted by molar-refractivity contribution is -0.891. The molecule has 0 radical (unpaired) electrons. The van der Waals surface area contributed by atoms with Crippen molar-refractivity contribution >= 4 is 17.6 Å². The maximum atomic E-state index is 10.6. The first-order valence-electron chi connectivity index (χ1n) is 4.31. The largest absolute Gasteiger partial charge is 0.459 e. The van der Waals surface area contributed by atoms with E-state index in [9.17, 15) is 4.79 Å². The Morgan fingerprint density at radius 1 is 1.47 bits per heavy atom. The smallest absolute Gasteiger partial charge is 0.330 e. The van der Waals surface area contributed by atoms with Gasteiger partial charge in [0.1, 0.15) is 6.61 Å². The number of halogens is 1. The van der Waals surface area contributed by atoms with Gasteiger partial charge in [0.05, 0.1) is 5.02 Å². The average Bonchev–Trinajstić information content (AvgIpc) is 2.26. The number of ether oxygens (including phenoxy) is 1. The van der Waals surface area contributed by atoms with Gasteiger partial charge in [-0.25, -0.2) is 4.79 Å². The zero-order valence-electron chi connectivity index (χ0n) is 8.06. The van der Waals surface area contributed by atoms with Crippen LogP contribution in [-0.2, 0) is 9.53 Å². The fraction of sp³-hybridized carbons (Fsp3) is 0.200. The normalized spacial score (nSPS) is 9.40. The summed E-state index contributed by atoms with van der Waals surface area (Å²) in [5.74, 6) is -0.459. The number of esters is 1. The Bertz CT molecular complexity index is 337. The van der Waals surface area contributed by atoms with Gasteiger partial charge in [-0.2, -0.15) is 0 Å². The fourth-order valence-corrected chi connectivity index (χ4v) is 0.937. The molecule has 0 unspecified atom stereocenters. The number of carbonyl (C=O) groups is 1. The van der Waals surface area contributed by atoms with Gasteiger partial charge in [0, 0.05) is 22.9 Å². The zero-order chi connectivity index (χ0) is 11.1. The van der Waals surface area contributed by atoms with Crippen LogP contribution in [0.15, 0.2) is 37.2 Å². The van der Waals surface area contributed by atoms with E-state index in [4.69, 9.17) is 21.2 Å². The lowest BCUT2D eigenvalue weighted by Gasteiger charge is -1.99. The van der Waals surface area contributed by atoms with Crippen molar-refractivity contribution in [3.8, 4) is 0 Å². The lowest BCUT2D eigenvalue weighted by Crippen LogP contribution is -2.43. The molecule has 0 aromatic carbocycles. The van der Waals surface area contributed by atoms with Gasteiger partial charge in [0.25, 0.3) is 0 Å². The lowest BCUT2D eigenvalue weighted by atomic mass is 10.5. The van der Waals surface area contributed by atoms with E-state index in [0.717, 1.165) is 6.08 Å². The van der Waals surface area contributed by atoms with E-state index < -0.39 is 5.97 Å². The van der Waals surface area contributed by atoms with Crippen LogP contribution < -0.4 is 9.57 Å². The summed E-state index contributed by atoms with van der Waals surface area (Å²) in [6, 6.07) is 3.38. The van der Waals surface area contributed by atoms with Gasteiger partial charge in [-0.1, -0.05) is 18.2 Å². The number of hydrogen-bond acceptors (Lipinski definition) is 3. The Hall–Kier alpha value is -1.55. The first-order valence-corrected chi connectivity index (χ1v) is 4.69. The molecule has 0 aliphatic heterocycles. The number of aromatic nitrogens is 1. The molecule has 4 nitrogen and oxygen atoms in total. The SMILES string of the molecule is C=CC(=O)OCCO[n+]1ccc(Cl)cc1. The monoisotopic (exact) mass is 228 g/mol. The van der Waals surface area contributed by atoms with Crippen LogP contribution in [0.25, 0.3) is 0 Å². The molecule has 1 heterocycles. The molecule has 0 saturated heterocycles. The predicted octanol–water partition coefficient (Wildman–Crippen LogP) is 0.785. The van der Waals surface area contributed by atoms with E-state index in [1.165, 1.54) is 4.73 Å². The molecule has 0 aliphatic carbocycles. The Morgan fingerprint density at radius 3 is 2.73 bits per heavy atom. The van der Waals surface area contributed by atoms with Crippen LogP contribution in [0, 0.1) is 0 Å².